The van der Waals surface area contributed by atoms with Crippen molar-refractivity contribution in [2.24, 2.45) is 5.73 Å². The Morgan fingerprint density at radius 2 is 2.39 bits per heavy atom. The fourth-order valence-electron chi connectivity index (χ4n) is 2.00. The summed E-state index contributed by atoms with van der Waals surface area (Å²) in [7, 11) is 0. The molecule has 1 aliphatic rings. The molecule has 0 radical (unpaired) electrons. The Balaban J connectivity index is 2.47. The first-order valence-electron chi connectivity index (χ1n) is 6.07. The number of carbonyl (C=O) groups is 1. The molecule has 0 spiro atoms. The van der Waals surface area contributed by atoms with Gasteiger partial charge in [0.15, 0.2) is 0 Å². The molecule has 1 unspecified atom stereocenters. The molecule has 0 fully saturated rings. The molecule has 0 saturated carbocycles. The van der Waals surface area contributed by atoms with E-state index in [2.05, 4.69) is 6.58 Å². The summed E-state index contributed by atoms with van der Waals surface area (Å²) in [6.45, 7) is 6.50. The van der Waals surface area contributed by atoms with E-state index in [1.807, 2.05) is 25.1 Å². The van der Waals surface area contributed by atoms with Crippen molar-refractivity contribution in [2.75, 3.05) is 18.1 Å². The summed E-state index contributed by atoms with van der Waals surface area (Å²) in [5.41, 5.74) is 7.65. The molecular formula is C14H18N2O2. The Bertz CT molecular complexity index is 469. The van der Waals surface area contributed by atoms with Crippen LogP contribution >= 0.6 is 0 Å². The molecule has 4 nitrogen and oxygen atoms in total. The van der Waals surface area contributed by atoms with E-state index in [1.165, 1.54) is 0 Å². The van der Waals surface area contributed by atoms with Gasteiger partial charge < -0.3 is 15.4 Å². The summed E-state index contributed by atoms with van der Waals surface area (Å²) in [5.74, 6) is 0.780. The highest BCUT2D eigenvalue weighted by Crippen LogP contribution is 2.33. The number of anilines is 1. The summed E-state index contributed by atoms with van der Waals surface area (Å²) in [6, 6.07) is 5.67. The molecule has 0 aromatic heterocycles. The number of benzene rings is 1. The van der Waals surface area contributed by atoms with E-state index >= 15 is 0 Å². The number of nitrogens with zero attached hydrogens (tertiary/aromatic N) is 1. The topological polar surface area (TPSA) is 55.6 Å². The van der Waals surface area contributed by atoms with E-state index in [9.17, 15) is 4.79 Å². The van der Waals surface area contributed by atoms with E-state index < -0.39 is 0 Å². The Kier molecular flexibility index (Phi) is 3.67. The number of hydrogen-bond acceptors (Lipinski definition) is 3. The van der Waals surface area contributed by atoms with Crippen LogP contribution in [0.25, 0.3) is 0 Å². The van der Waals surface area contributed by atoms with Crippen molar-refractivity contribution in [3.63, 3.8) is 0 Å². The normalized spacial score (nSPS) is 16.6. The van der Waals surface area contributed by atoms with E-state index in [-0.39, 0.29) is 11.9 Å². The van der Waals surface area contributed by atoms with Crippen LogP contribution in [0.5, 0.6) is 5.75 Å². The largest absolute Gasteiger partial charge is 0.491 e. The predicted molar refractivity (Wildman–Crippen MR) is 71.7 cm³/mol. The molecule has 1 aliphatic heterocycles. The second kappa shape index (κ2) is 5.23. The predicted octanol–water partition coefficient (Wildman–Crippen LogP) is 2.01. The summed E-state index contributed by atoms with van der Waals surface area (Å²) in [6.07, 6.45) is 2.10. The molecule has 1 amide bonds. The standard InChI is InChI=1S/C14H18N2O2/c1-3-7-16-12-9-11(10(2)15)4-5-13(12)18-8-6-14(16)17/h3-5,9-10H,1,6-8,15H2,2H3. The van der Waals surface area contributed by atoms with Gasteiger partial charge in [-0.1, -0.05) is 12.1 Å². The minimum atomic E-state index is -0.0702. The van der Waals surface area contributed by atoms with Crippen molar-refractivity contribution in [1.29, 1.82) is 0 Å². The lowest BCUT2D eigenvalue weighted by atomic mass is 10.1. The van der Waals surface area contributed by atoms with Gasteiger partial charge in [0, 0.05) is 12.6 Å². The van der Waals surface area contributed by atoms with Crippen molar-refractivity contribution in [3.8, 4) is 5.75 Å². The minimum Gasteiger partial charge on any atom is -0.491 e. The monoisotopic (exact) mass is 246 g/mol. The number of amides is 1. The average Bonchev–Trinajstić information content (AvgIpc) is 2.50. The number of hydrogen-bond donors (Lipinski definition) is 1. The van der Waals surface area contributed by atoms with Crippen LogP contribution in [-0.2, 0) is 4.79 Å². The maximum absolute atomic E-state index is 12.0. The minimum absolute atomic E-state index is 0.0514. The van der Waals surface area contributed by atoms with E-state index in [1.54, 1.807) is 11.0 Å². The maximum Gasteiger partial charge on any atom is 0.230 e. The maximum atomic E-state index is 12.0. The van der Waals surface area contributed by atoms with E-state index in [0.29, 0.717) is 19.6 Å². The number of ether oxygens (including phenoxy) is 1. The van der Waals surface area contributed by atoms with Crippen molar-refractivity contribution < 1.29 is 9.53 Å². The van der Waals surface area contributed by atoms with E-state index in [4.69, 9.17) is 10.5 Å². The molecule has 0 bridgehead atoms. The fraction of sp³-hybridized carbons (Fsp3) is 0.357. The van der Waals surface area contributed by atoms with Gasteiger partial charge in [-0.3, -0.25) is 4.79 Å². The number of nitrogens with two attached hydrogens (primary N) is 1. The molecular weight excluding hydrogens is 228 g/mol. The van der Waals surface area contributed by atoms with Crippen LogP contribution in [0, 0.1) is 0 Å². The molecule has 1 heterocycles. The van der Waals surface area contributed by atoms with Gasteiger partial charge in [0.05, 0.1) is 18.7 Å². The lowest BCUT2D eigenvalue weighted by Crippen LogP contribution is -2.30. The lowest BCUT2D eigenvalue weighted by molar-refractivity contribution is -0.118. The third-order valence-corrected chi connectivity index (χ3v) is 2.99. The van der Waals surface area contributed by atoms with Gasteiger partial charge in [0.1, 0.15) is 5.75 Å². The van der Waals surface area contributed by atoms with Crippen molar-refractivity contribution in [3.05, 3.63) is 36.4 Å². The first-order valence-corrected chi connectivity index (χ1v) is 6.07. The molecule has 4 heteroatoms. The van der Waals surface area contributed by atoms with Crippen LogP contribution in [0.1, 0.15) is 24.9 Å². The molecule has 1 aromatic carbocycles. The van der Waals surface area contributed by atoms with Crippen LogP contribution in [0.4, 0.5) is 5.69 Å². The second-order valence-electron chi connectivity index (χ2n) is 4.41. The summed E-state index contributed by atoms with van der Waals surface area (Å²) >= 11 is 0. The Labute approximate surface area is 107 Å². The van der Waals surface area contributed by atoms with Gasteiger partial charge in [0.2, 0.25) is 5.91 Å². The first kappa shape index (κ1) is 12.6. The van der Waals surface area contributed by atoms with Crippen LogP contribution < -0.4 is 15.4 Å². The fourth-order valence-corrected chi connectivity index (χ4v) is 2.00. The van der Waals surface area contributed by atoms with E-state index in [0.717, 1.165) is 17.0 Å². The molecule has 1 atom stereocenters. The van der Waals surface area contributed by atoms with Crippen LogP contribution in [0.15, 0.2) is 30.9 Å². The third kappa shape index (κ3) is 2.38. The molecule has 1 aromatic rings. The van der Waals surface area contributed by atoms with Gasteiger partial charge in [-0.05, 0) is 24.6 Å². The van der Waals surface area contributed by atoms with Crippen LogP contribution in [0.3, 0.4) is 0 Å². The van der Waals surface area contributed by atoms with Crippen molar-refractivity contribution in [1.82, 2.24) is 0 Å². The zero-order chi connectivity index (χ0) is 13.1. The smallest absolute Gasteiger partial charge is 0.230 e. The summed E-state index contributed by atoms with van der Waals surface area (Å²) in [4.78, 5) is 13.7. The molecule has 0 aliphatic carbocycles. The van der Waals surface area contributed by atoms with Gasteiger partial charge in [-0.2, -0.15) is 0 Å². The Morgan fingerprint density at radius 3 is 3.06 bits per heavy atom. The highest BCUT2D eigenvalue weighted by Gasteiger charge is 2.22. The van der Waals surface area contributed by atoms with Crippen LogP contribution in [-0.4, -0.2) is 19.1 Å². The zero-order valence-corrected chi connectivity index (χ0v) is 10.6. The second-order valence-corrected chi connectivity index (χ2v) is 4.41. The van der Waals surface area contributed by atoms with Crippen LogP contribution in [0.2, 0.25) is 0 Å². The molecule has 0 saturated heterocycles. The van der Waals surface area contributed by atoms with Gasteiger partial charge in [-0.15, -0.1) is 6.58 Å². The number of rotatable bonds is 3. The van der Waals surface area contributed by atoms with Crippen molar-refractivity contribution in [2.45, 2.75) is 19.4 Å². The summed E-state index contributed by atoms with van der Waals surface area (Å²) < 4.78 is 5.59. The molecule has 2 rings (SSSR count). The SMILES string of the molecule is C=CCN1C(=O)CCOc2ccc(C(C)N)cc21. The Morgan fingerprint density at radius 1 is 1.61 bits per heavy atom. The van der Waals surface area contributed by atoms with Crippen molar-refractivity contribution >= 4 is 11.6 Å². The molecule has 2 N–H and O–H groups in total. The summed E-state index contributed by atoms with van der Waals surface area (Å²) in [5, 5.41) is 0. The quantitative estimate of drug-likeness (QED) is 0.830. The number of carbonyl (C=O) groups excluding carboxylic acids is 1. The first-order chi connectivity index (χ1) is 8.63. The highest BCUT2D eigenvalue weighted by atomic mass is 16.5. The Hall–Kier alpha value is -1.81. The van der Waals surface area contributed by atoms with Gasteiger partial charge in [-0.25, -0.2) is 0 Å². The average molecular weight is 246 g/mol. The third-order valence-electron chi connectivity index (χ3n) is 2.99. The number of fused-ring (bicyclic) bond motifs is 1. The van der Waals surface area contributed by atoms with Gasteiger partial charge in [0.25, 0.3) is 0 Å². The highest BCUT2D eigenvalue weighted by molar-refractivity contribution is 5.96. The lowest BCUT2D eigenvalue weighted by Gasteiger charge is -2.21. The molecule has 96 valence electrons. The zero-order valence-electron chi connectivity index (χ0n) is 10.6. The molecule has 18 heavy (non-hydrogen) atoms. The van der Waals surface area contributed by atoms with Gasteiger partial charge >= 0.3 is 0 Å².